The van der Waals surface area contributed by atoms with E-state index in [1.54, 1.807) is 0 Å². The third kappa shape index (κ3) is 7.15. The molecular formula is C9H13O5. The number of hydrogen-bond acceptors (Lipinski definition) is 5. The van der Waals surface area contributed by atoms with Gasteiger partial charge < -0.3 is 14.2 Å². The SMILES string of the molecule is C=CO[CH]C(COC(C)=O)OC(C)=O. The smallest absolute Gasteiger partial charge is 0.303 e. The summed E-state index contributed by atoms with van der Waals surface area (Å²) >= 11 is 0. The summed E-state index contributed by atoms with van der Waals surface area (Å²) in [6.45, 7) is 6.97. The molecule has 0 saturated carbocycles. The van der Waals surface area contributed by atoms with Crippen LogP contribution in [0.25, 0.3) is 0 Å². The number of esters is 2. The van der Waals surface area contributed by atoms with Gasteiger partial charge in [-0.1, -0.05) is 6.58 Å². The van der Waals surface area contributed by atoms with Gasteiger partial charge in [-0.2, -0.15) is 0 Å². The minimum absolute atomic E-state index is 0.0667. The van der Waals surface area contributed by atoms with Crippen LogP contribution in [0.2, 0.25) is 0 Å². The third-order valence-corrected chi connectivity index (χ3v) is 1.09. The van der Waals surface area contributed by atoms with E-state index in [0.29, 0.717) is 0 Å². The minimum atomic E-state index is -0.714. The molecule has 14 heavy (non-hydrogen) atoms. The van der Waals surface area contributed by atoms with Crippen molar-refractivity contribution in [1.82, 2.24) is 0 Å². The lowest BCUT2D eigenvalue weighted by molar-refractivity contribution is -0.156. The van der Waals surface area contributed by atoms with Crippen LogP contribution in [0, 0.1) is 6.61 Å². The number of ether oxygens (including phenoxy) is 3. The Balaban J connectivity index is 3.89. The summed E-state index contributed by atoms with van der Waals surface area (Å²) in [5.41, 5.74) is 0. The van der Waals surface area contributed by atoms with Gasteiger partial charge in [0.25, 0.3) is 0 Å². The van der Waals surface area contributed by atoms with E-state index in [0.717, 1.165) is 0 Å². The molecule has 79 valence electrons. The Bertz CT molecular complexity index is 211. The van der Waals surface area contributed by atoms with Crippen LogP contribution >= 0.6 is 0 Å². The number of carbonyl (C=O) groups is 2. The van der Waals surface area contributed by atoms with E-state index in [2.05, 4.69) is 11.3 Å². The quantitative estimate of drug-likeness (QED) is 0.470. The lowest BCUT2D eigenvalue weighted by atomic mass is 10.4. The topological polar surface area (TPSA) is 61.8 Å². The molecule has 0 aromatic rings. The maximum absolute atomic E-state index is 10.6. The largest absolute Gasteiger partial charge is 0.491 e. The zero-order valence-electron chi connectivity index (χ0n) is 8.19. The number of hydrogen-bond donors (Lipinski definition) is 0. The van der Waals surface area contributed by atoms with Gasteiger partial charge in [0.15, 0.2) is 12.7 Å². The molecule has 0 aliphatic heterocycles. The zero-order valence-corrected chi connectivity index (χ0v) is 8.19. The van der Waals surface area contributed by atoms with Crippen molar-refractivity contribution in [2.24, 2.45) is 0 Å². The normalized spacial score (nSPS) is 11.3. The fourth-order valence-corrected chi connectivity index (χ4v) is 0.657. The Morgan fingerprint density at radius 2 is 2.00 bits per heavy atom. The molecule has 5 nitrogen and oxygen atoms in total. The summed E-state index contributed by atoms with van der Waals surface area (Å²) < 4.78 is 14.1. The first kappa shape index (κ1) is 12.5. The summed E-state index contributed by atoms with van der Waals surface area (Å²) in [7, 11) is 0. The second-order valence-electron chi connectivity index (χ2n) is 2.39. The molecule has 0 amide bonds. The Morgan fingerprint density at radius 3 is 2.43 bits per heavy atom. The van der Waals surface area contributed by atoms with Crippen LogP contribution in [0.15, 0.2) is 12.8 Å². The average molecular weight is 201 g/mol. The highest BCUT2D eigenvalue weighted by molar-refractivity contribution is 5.67. The Kier molecular flexibility index (Phi) is 6.19. The monoisotopic (exact) mass is 201 g/mol. The standard InChI is InChI=1S/C9H13O5/c1-4-12-5-9(14-8(3)11)6-13-7(2)10/h4-5,9H,1,6H2,2-3H3. The fourth-order valence-electron chi connectivity index (χ4n) is 0.657. The van der Waals surface area contributed by atoms with Gasteiger partial charge in [0.1, 0.15) is 6.61 Å². The van der Waals surface area contributed by atoms with Crippen molar-refractivity contribution in [2.75, 3.05) is 6.61 Å². The molecule has 0 rings (SSSR count). The van der Waals surface area contributed by atoms with Crippen LogP contribution in [0.5, 0.6) is 0 Å². The van der Waals surface area contributed by atoms with Crippen molar-refractivity contribution in [2.45, 2.75) is 20.0 Å². The molecular weight excluding hydrogens is 188 g/mol. The van der Waals surface area contributed by atoms with E-state index in [4.69, 9.17) is 9.47 Å². The highest BCUT2D eigenvalue weighted by Gasteiger charge is 2.14. The maximum Gasteiger partial charge on any atom is 0.303 e. The molecule has 1 radical (unpaired) electrons. The second kappa shape index (κ2) is 6.94. The van der Waals surface area contributed by atoms with Gasteiger partial charge in [-0.25, -0.2) is 0 Å². The van der Waals surface area contributed by atoms with E-state index in [1.165, 1.54) is 26.7 Å². The Morgan fingerprint density at radius 1 is 1.36 bits per heavy atom. The Hall–Kier alpha value is -1.52. The van der Waals surface area contributed by atoms with Gasteiger partial charge >= 0.3 is 11.9 Å². The van der Waals surface area contributed by atoms with Crippen molar-refractivity contribution < 1.29 is 23.8 Å². The fraction of sp³-hybridized carbons (Fsp3) is 0.444. The molecule has 1 atom stereocenters. The van der Waals surface area contributed by atoms with E-state index < -0.39 is 18.0 Å². The van der Waals surface area contributed by atoms with Crippen LogP contribution in [-0.4, -0.2) is 24.6 Å². The maximum atomic E-state index is 10.6. The van der Waals surface area contributed by atoms with Crippen molar-refractivity contribution in [3.63, 3.8) is 0 Å². The highest BCUT2D eigenvalue weighted by atomic mass is 16.6. The molecule has 0 bridgehead atoms. The predicted octanol–water partition coefficient (Wildman–Crippen LogP) is 0.803. The molecule has 0 spiro atoms. The molecule has 0 aromatic carbocycles. The molecule has 0 aromatic heterocycles. The summed E-state index contributed by atoms with van der Waals surface area (Å²) in [6.07, 6.45) is 0.457. The molecule has 0 aliphatic carbocycles. The van der Waals surface area contributed by atoms with Gasteiger partial charge in [-0.3, -0.25) is 9.59 Å². The predicted molar refractivity (Wildman–Crippen MR) is 47.8 cm³/mol. The summed E-state index contributed by atoms with van der Waals surface area (Å²) in [5.74, 6) is -0.930. The molecule has 0 fully saturated rings. The van der Waals surface area contributed by atoms with Crippen LogP contribution in [0.3, 0.4) is 0 Å². The van der Waals surface area contributed by atoms with E-state index in [-0.39, 0.29) is 6.61 Å². The van der Waals surface area contributed by atoms with E-state index in [1.807, 2.05) is 0 Å². The highest BCUT2D eigenvalue weighted by Crippen LogP contribution is 2.01. The number of carbonyl (C=O) groups excluding carboxylic acids is 2. The summed E-state index contributed by atoms with van der Waals surface area (Å²) in [5, 5.41) is 0. The molecule has 0 aliphatic rings. The zero-order chi connectivity index (χ0) is 11.0. The first-order valence-corrected chi connectivity index (χ1v) is 3.96. The van der Waals surface area contributed by atoms with Crippen molar-refractivity contribution >= 4 is 11.9 Å². The van der Waals surface area contributed by atoms with Gasteiger partial charge in [0.2, 0.25) is 0 Å². The van der Waals surface area contributed by atoms with Crippen molar-refractivity contribution in [1.29, 1.82) is 0 Å². The number of rotatable bonds is 6. The van der Waals surface area contributed by atoms with Crippen molar-refractivity contribution in [3.05, 3.63) is 19.4 Å². The van der Waals surface area contributed by atoms with Crippen LogP contribution in [0.4, 0.5) is 0 Å². The first-order valence-electron chi connectivity index (χ1n) is 3.96. The summed E-state index contributed by atoms with van der Waals surface area (Å²) in [6, 6.07) is 0. The molecule has 0 N–H and O–H groups in total. The third-order valence-electron chi connectivity index (χ3n) is 1.09. The van der Waals surface area contributed by atoms with E-state index in [9.17, 15) is 9.59 Å². The summed E-state index contributed by atoms with van der Waals surface area (Å²) in [4.78, 5) is 21.1. The van der Waals surface area contributed by atoms with Crippen molar-refractivity contribution in [3.8, 4) is 0 Å². The molecule has 0 heterocycles. The first-order chi connectivity index (χ1) is 6.56. The average Bonchev–Trinajstić information content (AvgIpc) is 2.09. The molecule has 5 heteroatoms. The van der Waals surface area contributed by atoms with E-state index >= 15 is 0 Å². The van der Waals surface area contributed by atoms with Gasteiger partial charge in [-0.05, 0) is 0 Å². The van der Waals surface area contributed by atoms with Gasteiger partial charge in [-0.15, -0.1) is 0 Å². The Labute approximate surface area is 82.6 Å². The second-order valence-corrected chi connectivity index (χ2v) is 2.39. The van der Waals surface area contributed by atoms with Crippen LogP contribution < -0.4 is 0 Å². The van der Waals surface area contributed by atoms with Crippen LogP contribution in [-0.2, 0) is 23.8 Å². The van der Waals surface area contributed by atoms with Gasteiger partial charge in [0.05, 0.1) is 6.26 Å². The van der Waals surface area contributed by atoms with Crippen LogP contribution in [0.1, 0.15) is 13.8 Å². The lowest BCUT2D eigenvalue weighted by Gasteiger charge is -2.14. The molecule has 0 saturated heterocycles. The molecule has 1 unspecified atom stereocenters. The minimum Gasteiger partial charge on any atom is -0.491 e. The lowest BCUT2D eigenvalue weighted by Crippen LogP contribution is -2.24. The van der Waals surface area contributed by atoms with Gasteiger partial charge in [0, 0.05) is 13.8 Å².